The van der Waals surface area contributed by atoms with Crippen LogP contribution in [-0.2, 0) is 4.79 Å². The average molecular weight is 274 g/mol. The molecule has 0 spiro atoms. The van der Waals surface area contributed by atoms with Gasteiger partial charge in [-0.05, 0) is 38.0 Å². The molecule has 2 aliphatic rings. The van der Waals surface area contributed by atoms with Gasteiger partial charge < -0.3 is 5.32 Å². The molecule has 1 N–H and O–H groups in total. The third-order valence-electron chi connectivity index (χ3n) is 3.92. The highest BCUT2D eigenvalue weighted by molar-refractivity contribution is 9.09. The monoisotopic (exact) mass is 273 g/mol. The molecule has 0 heterocycles. The first kappa shape index (κ1) is 11.4. The van der Waals surface area contributed by atoms with Crippen molar-refractivity contribution < 1.29 is 4.79 Å². The zero-order chi connectivity index (χ0) is 10.7. The number of alkyl halides is 1. The van der Waals surface area contributed by atoms with Crippen LogP contribution in [0.3, 0.4) is 0 Å². The molecule has 2 nitrogen and oxygen atoms in total. The molecule has 0 radical (unpaired) electrons. The fourth-order valence-electron chi connectivity index (χ4n) is 2.72. The van der Waals surface area contributed by atoms with E-state index < -0.39 is 0 Å². The maximum absolute atomic E-state index is 11.8. The highest BCUT2D eigenvalue weighted by Crippen LogP contribution is 2.34. The number of halogens is 1. The third kappa shape index (κ3) is 2.74. The van der Waals surface area contributed by atoms with Crippen LogP contribution in [0.1, 0.15) is 51.4 Å². The van der Waals surface area contributed by atoms with Gasteiger partial charge in [-0.1, -0.05) is 28.8 Å². The van der Waals surface area contributed by atoms with E-state index in [1.807, 2.05) is 0 Å². The Balaban J connectivity index is 1.76. The van der Waals surface area contributed by atoms with E-state index in [1.165, 1.54) is 32.1 Å². The third-order valence-corrected chi connectivity index (χ3v) is 4.99. The molecule has 3 heteroatoms. The maximum atomic E-state index is 11.8. The molecule has 0 aromatic carbocycles. The van der Waals surface area contributed by atoms with Crippen molar-refractivity contribution in [1.29, 1.82) is 0 Å². The highest BCUT2D eigenvalue weighted by atomic mass is 79.9. The van der Waals surface area contributed by atoms with E-state index in [4.69, 9.17) is 0 Å². The van der Waals surface area contributed by atoms with Crippen LogP contribution in [0.5, 0.6) is 0 Å². The summed E-state index contributed by atoms with van der Waals surface area (Å²) < 4.78 is 0. The Morgan fingerprint density at radius 2 is 1.93 bits per heavy atom. The lowest BCUT2D eigenvalue weighted by Gasteiger charge is -2.41. The van der Waals surface area contributed by atoms with Gasteiger partial charge in [-0.25, -0.2) is 0 Å². The van der Waals surface area contributed by atoms with Gasteiger partial charge in [-0.3, -0.25) is 4.79 Å². The van der Waals surface area contributed by atoms with E-state index in [2.05, 4.69) is 21.2 Å². The lowest BCUT2D eigenvalue weighted by Crippen LogP contribution is -2.55. The summed E-state index contributed by atoms with van der Waals surface area (Å²) in [5.41, 5.74) is 0.107. The molecule has 0 aromatic heterocycles. The first-order valence-corrected chi connectivity index (χ1v) is 7.23. The van der Waals surface area contributed by atoms with Crippen LogP contribution in [0.25, 0.3) is 0 Å². The van der Waals surface area contributed by atoms with E-state index in [0.29, 0.717) is 5.92 Å². The molecule has 2 fully saturated rings. The van der Waals surface area contributed by atoms with Crippen molar-refractivity contribution in [3.63, 3.8) is 0 Å². The average Bonchev–Trinajstić information content (AvgIpc) is 2.64. The number of hydrogen-bond acceptors (Lipinski definition) is 1. The molecule has 15 heavy (non-hydrogen) atoms. The second-order valence-electron chi connectivity index (χ2n) is 5.17. The fraction of sp³-hybridized carbons (Fsp3) is 0.917. The molecular weight excluding hydrogens is 254 g/mol. The van der Waals surface area contributed by atoms with E-state index in [0.717, 1.165) is 24.6 Å². The summed E-state index contributed by atoms with van der Waals surface area (Å²) in [6, 6.07) is 0. The summed E-state index contributed by atoms with van der Waals surface area (Å²) >= 11 is 3.51. The highest BCUT2D eigenvalue weighted by Gasteiger charge is 2.37. The quantitative estimate of drug-likeness (QED) is 0.784. The van der Waals surface area contributed by atoms with Crippen molar-refractivity contribution in [3.8, 4) is 0 Å². The Hall–Kier alpha value is -0.0500. The lowest BCUT2D eigenvalue weighted by molar-refractivity contribution is -0.124. The molecule has 0 saturated heterocycles. The summed E-state index contributed by atoms with van der Waals surface area (Å²) in [7, 11) is 0. The van der Waals surface area contributed by atoms with Crippen LogP contribution in [0.15, 0.2) is 0 Å². The Morgan fingerprint density at radius 1 is 1.27 bits per heavy atom. The summed E-state index contributed by atoms with van der Waals surface area (Å²) in [4.78, 5) is 11.8. The first-order chi connectivity index (χ1) is 7.24. The topological polar surface area (TPSA) is 29.1 Å². The van der Waals surface area contributed by atoms with Gasteiger partial charge in [-0.15, -0.1) is 0 Å². The predicted octanol–water partition coefficient (Wildman–Crippen LogP) is 3.00. The summed E-state index contributed by atoms with van der Waals surface area (Å²) in [5.74, 6) is 0.943. The van der Waals surface area contributed by atoms with Crippen LogP contribution in [0, 0.1) is 5.92 Å². The fourth-order valence-corrected chi connectivity index (χ4v) is 3.42. The van der Waals surface area contributed by atoms with Crippen LogP contribution in [-0.4, -0.2) is 16.8 Å². The van der Waals surface area contributed by atoms with Crippen molar-refractivity contribution >= 4 is 21.8 Å². The minimum absolute atomic E-state index is 0.107. The molecule has 0 unspecified atom stereocenters. The standard InChI is InChI=1S/C12H20BrNO/c13-9-12(6-3-7-12)14-11(15)8-10-4-1-2-5-10/h10H,1-9H2,(H,14,15). The normalized spacial score (nSPS) is 24.9. The smallest absolute Gasteiger partial charge is 0.220 e. The predicted molar refractivity (Wildman–Crippen MR) is 65.1 cm³/mol. The van der Waals surface area contributed by atoms with Gasteiger partial charge in [-0.2, -0.15) is 0 Å². The van der Waals surface area contributed by atoms with E-state index in [1.54, 1.807) is 0 Å². The van der Waals surface area contributed by atoms with Crippen LogP contribution in [0.4, 0.5) is 0 Å². The second kappa shape index (κ2) is 4.86. The molecule has 0 aromatic rings. The Bertz CT molecular complexity index is 226. The Morgan fingerprint density at radius 3 is 2.40 bits per heavy atom. The van der Waals surface area contributed by atoms with Gasteiger partial charge in [0.25, 0.3) is 0 Å². The van der Waals surface area contributed by atoms with Crippen molar-refractivity contribution in [3.05, 3.63) is 0 Å². The van der Waals surface area contributed by atoms with Crippen LogP contribution >= 0.6 is 15.9 Å². The van der Waals surface area contributed by atoms with Gasteiger partial charge in [0.15, 0.2) is 0 Å². The van der Waals surface area contributed by atoms with Gasteiger partial charge in [0, 0.05) is 17.3 Å². The van der Waals surface area contributed by atoms with E-state index >= 15 is 0 Å². The SMILES string of the molecule is O=C(CC1CCCC1)NC1(CBr)CCC1. The molecule has 0 aliphatic heterocycles. The zero-order valence-electron chi connectivity index (χ0n) is 9.23. The summed E-state index contributed by atoms with van der Waals surface area (Å²) in [6.45, 7) is 0. The maximum Gasteiger partial charge on any atom is 0.220 e. The van der Waals surface area contributed by atoms with Gasteiger partial charge >= 0.3 is 0 Å². The molecule has 2 rings (SSSR count). The minimum atomic E-state index is 0.107. The van der Waals surface area contributed by atoms with E-state index in [-0.39, 0.29) is 11.4 Å². The second-order valence-corrected chi connectivity index (χ2v) is 5.73. The Kier molecular flexibility index (Phi) is 3.70. The first-order valence-electron chi connectivity index (χ1n) is 6.11. The van der Waals surface area contributed by atoms with Crippen molar-refractivity contribution in [2.45, 2.75) is 56.9 Å². The number of hydrogen-bond donors (Lipinski definition) is 1. The zero-order valence-corrected chi connectivity index (χ0v) is 10.8. The van der Waals surface area contributed by atoms with Crippen LogP contribution in [0.2, 0.25) is 0 Å². The molecule has 0 atom stereocenters. The number of carbonyl (C=O) groups is 1. The lowest BCUT2D eigenvalue weighted by atomic mass is 9.78. The number of nitrogens with one attached hydrogen (secondary N) is 1. The molecule has 2 aliphatic carbocycles. The van der Waals surface area contributed by atoms with Crippen molar-refractivity contribution in [2.75, 3.05) is 5.33 Å². The van der Waals surface area contributed by atoms with E-state index in [9.17, 15) is 4.79 Å². The molecule has 86 valence electrons. The molecular formula is C12H20BrNO. The van der Waals surface area contributed by atoms with Gasteiger partial charge in [0.1, 0.15) is 0 Å². The number of rotatable bonds is 4. The van der Waals surface area contributed by atoms with Crippen molar-refractivity contribution in [2.24, 2.45) is 5.92 Å². The molecule has 1 amide bonds. The molecule has 2 saturated carbocycles. The molecule has 0 bridgehead atoms. The largest absolute Gasteiger partial charge is 0.350 e. The van der Waals surface area contributed by atoms with Gasteiger partial charge in [0.2, 0.25) is 5.91 Å². The summed E-state index contributed by atoms with van der Waals surface area (Å²) in [6.07, 6.45) is 9.47. The van der Waals surface area contributed by atoms with Crippen LogP contribution < -0.4 is 5.32 Å². The summed E-state index contributed by atoms with van der Waals surface area (Å²) in [5, 5.41) is 4.13. The van der Waals surface area contributed by atoms with Gasteiger partial charge in [0.05, 0.1) is 0 Å². The Labute approximate surface area is 100 Å². The number of amides is 1. The van der Waals surface area contributed by atoms with Crippen molar-refractivity contribution in [1.82, 2.24) is 5.32 Å². The minimum Gasteiger partial charge on any atom is -0.350 e. The number of carbonyl (C=O) groups excluding carboxylic acids is 1.